The fraction of sp³-hybridized carbons (Fsp3) is 0.182. The van der Waals surface area contributed by atoms with Crippen molar-refractivity contribution in [1.82, 2.24) is 9.97 Å². The van der Waals surface area contributed by atoms with E-state index >= 15 is 0 Å². The Labute approximate surface area is 167 Å². The van der Waals surface area contributed by atoms with Crippen LogP contribution in [0.3, 0.4) is 0 Å². The van der Waals surface area contributed by atoms with Gasteiger partial charge in [-0.2, -0.15) is 0 Å². The van der Waals surface area contributed by atoms with Crippen LogP contribution in [-0.4, -0.2) is 21.8 Å². The summed E-state index contributed by atoms with van der Waals surface area (Å²) in [5.74, 6) is 0.321. The van der Waals surface area contributed by atoms with Crippen molar-refractivity contribution in [3.63, 3.8) is 0 Å². The fourth-order valence-corrected chi connectivity index (χ4v) is 3.73. The van der Waals surface area contributed by atoms with Gasteiger partial charge in [0.25, 0.3) is 5.91 Å². The second kappa shape index (κ2) is 6.70. The molecule has 1 aliphatic carbocycles. The molecule has 1 saturated carbocycles. The van der Waals surface area contributed by atoms with Gasteiger partial charge >= 0.3 is 0 Å². The molecular weight excluding hydrogens is 366 g/mol. The predicted molar refractivity (Wildman–Crippen MR) is 110 cm³/mol. The van der Waals surface area contributed by atoms with Crippen LogP contribution in [0.4, 0.5) is 17.2 Å². The van der Waals surface area contributed by atoms with E-state index in [2.05, 4.69) is 25.9 Å². The summed E-state index contributed by atoms with van der Waals surface area (Å²) in [4.78, 5) is 33.4. The summed E-state index contributed by atoms with van der Waals surface area (Å²) >= 11 is 0. The van der Waals surface area contributed by atoms with Crippen LogP contribution in [0.25, 0.3) is 0 Å². The number of rotatable bonds is 5. The van der Waals surface area contributed by atoms with Crippen LogP contribution >= 0.6 is 0 Å². The van der Waals surface area contributed by atoms with Crippen molar-refractivity contribution in [3.05, 3.63) is 77.7 Å². The van der Waals surface area contributed by atoms with E-state index in [4.69, 9.17) is 0 Å². The van der Waals surface area contributed by atoms with Gasteiger partial charge in [0.2, 0.25) is 5.91 Å². The third kappa shape index (κ3) is 3.10. The van der Waals surface area contributed by atoms with Gasteiger partial charge < -0.3 is 16.0 Å². The summed E-state index contributed by atoms with van der Waals surface area (Å²) in [6.45, 7) is 0.537. The highest BCUT2D eigenvalue weighted by Crippen LogP contribution is 2.55. The smallest absolute Gasteiger partial charge is 0.259 e. The second-order valence-electron chi connectivity index (χ2n) is 7.36. The number of fused-ring (bicyclic) bond motifs is 2. The molecule has 2 amide bonds. The molecule has 7 nitrogen and oxygen atoms in total. The molecule has 3 N–H and O–H groups in total. The maximum atomic E-state index is 12.9. The molecule has 1 spiro atoms. The topological polar surface area (TPSA) is 96.0 Å². The van der Waals surface area contributed by atoms with Gasteiger partial charge in [0.1, 0.15) is 5.82 Å². The number of amides is 2. The molecule has 0 atom stereocenters. The lowest BCUT2D eigenvalue weighted by atomic mass is 9.97. The zero-order valence-electron chi connectivity index (χ0n) is 15.6. The monoisotopic (exact) mass is 385 g/mol. The lowest BCUT2D eigenvalue weighted by Gasteiger charge is -2.12. The van der Waals surface area contributed by atoms with E-state index in [9.17, 15) is 9.59 Å². The number of nitrogens with zero attached hydrogens (tertiary/aromatic N) is 2. The van der Waals surface area contributed by atoms with Crippen molar-refractivity contribution >= 4 is 29.0 Å². The quantitative estimate of drug-likeness (QED) is 0.626. The fourth-order valence-electron chi connectivity index (χ4n) is 3.73. The average Bonchev–Trinajstić information content (AvgIpc) is 3.51. The van der Waals surface area contributed by atoms with E-state index < -0.39 is 0 Å². The predicted octanol–water partition coefficient (Wildman–Crippen LogP) is 3.32. The Kier molecular flexibility index (Phi) is 4.01. The molecular formula is C22H19N5O2. The number of nitrogens with one attached hydrogen (secondary N) is 3. The van der Waals surface area contributed by atoms with Crippen LogP contribution in [0.5, 0.6) is 0 Å². The maximum Gasteiger partial charge on any atom is 0.259 e. The molecule has 1 aliphatic heterocycles. The minimum Gasteiger partial charge on any atom is -0.365 e. The van der Waals surface area contributed by atoms with E-state index in [0.717, 1.165) is 29.7 Å². The molecule has 3 heterocycles. The van der Waals surface area contributed by atoms with Crippen LogP contribution in [0.15, 0.2) is 61.1 Å². The standard InChI is InChI=1S/C22H19N5O2/c28-20(16-2-1-9-24-19(16)25-13-14-5-10-23-11-6-14)26-15-3-4-18-17(12-15)22(7-8-22)21(29)27-18/h1-6,9-12H,7-8,13H2,(H,24,25)(H,26,28)(H,27,29). The van der Waals surface area contributed by atoms with Gasteiger partial charge in [0, 0.05) is 36.5 Å². The number of anilines is 3. The van der Waals surface area contributed by atoms with Crippen LogP contribution in [-0.2, 0) is 16.8 Å². The first kappa shape index (κ1) is 17.4. The van der Waals surface area contributed by atoms with Crippen LogP contribution in [0.2, 0.25) is 0 Å². The van der Waals surface area contributed by atoms with Gasteiger partial charge in [0.05, 0.1) is 11.0 Å². The summed E-state index contributed by atoms with van der Waals surface area (Å²) in [6, 6.07) is 12.8. The summed E-state index contributed by atoms with van der Waals surface area (Å²) in [7, 11) is 0. The first-order valence-electron chi connectivity index (χ1n) is 9.51. The Morgan fingerprint density at radius 2 is 1.93 bits per heavy atom. The number of carbonyl (C=O) groups is 2. The molecule has 1 aromatic carbocycles. The number of benzene rings is 1. The minimum absolute atomic E-state index is 0.0610. The van der Waals surface area contributed by atoms with Gasteiger partial charge in [-0.15, -0.1) is 0 Å². The third-order valence-electron chi connectivity index (χ3n) is 5.49. The molecule has 0 saturated heterocycles. The van der Waals surface area contributed by atoms with Crippen LogP contribution < -0.4 is 16.0 Å². The second-order valence-corrected chi connectivity index (χ2v) is 7.36. The number of carbonyl (C=O) groups excluding carboxylic acids is 2. The molecule has 2 aromatic heterocycles. The largest absolute Gasteiger partial charge is 0.365 e. The highest BCUT2D eigenvalue weighted by atomic mass is 16.2. The van der Waals surface area contributed by atoms with Crippen molar-refractivity contribution in [1.29, 1.82) is 0 Å². The minimum atomic E-state index is -0.387. The Hall–Kier alpha value is -3.74. The molecule has 0 radical (unpaired) electrons. The van der Waals surface area contributed by atoms with E-state index in [1.165, 1.54) is 0 Å². The number of hydrogen-bond acceptors (Lipinski definition) is 5. The maximum absolute atomic E-state index is 12.9. The van der Waals surface area contributed by atoms with E-state index in [0.29, 0.717) is 23.6 Å². The Bertz CT molecular complexity index is 1110. The van der Waals surface area contributed by atoms with Crippen molar-refractivity contribution < 1.29 is 9.59 Å². The van der Waals surface area contributed by atoms with Crippen molar-refractivity contribution in [3.8, 4) is 0 Å². The first-order valence-corrected chi connectivity index (χ1v) is 9.51. The van der Waals surface area contributed by atoms with Crippen LogP contribution in [0.1, 0.15) is 34.3 Å². The molecule has 144 valence electrons. The van der Waals surface area contributed by atoms with Gasteiger partial charge in [-0.1, -0.05) is 0 Å². The number of pyridine rings is 2. The van der Waals surface area contributed by atoms with E-state index in [1.807, 2.05) is 24.3 Å². The Morgan fingerprint density at radius 3 is 2.72 bits per heavy atom. The zero-order chi connectivity index (χ0) is 19.8. The summed E-state index contributed by atoms with van der Waals surface area (Å²) in [6.07, 6.45) is 6.81. The summed E-state index contributed by atoms with van der Waals surface area (Å²) in [5.41, 5.74) is 3.59. The summed E-state index contributed by atoms with van der Waals surface area (Å²) < 4.78 is 0. The van der Waals surface area contributed by atoms with E-state index in [-0.39, 0.29) is 17.2 Å². The van der Waals surface area contributed by atoms with Gasteiger partial charge in [-0.3, -0.25) is 14.6 Å². The highest BCUT2D eigenvalue weighted by Gasteiger charge is 2.56. The molecule has 7 heteroatoms. The molecule has 1 fully saturated rings. The zero-order valence-corrected chi connectivity index (χ0v) is 15.6. The lowest BCUT2D eigenvalue weighted by molar-refractivity contribution is -0.117. The molecule has 3 aromatic rings. The molecule has 5 rings (SSSR count). The lowest BCUT2D eigenvalue weighted by Crippen LogP contribution is -2.18. The molecule has 2 aliphatic rings. The van der Waals surface area contributed by atoms with Crippen molar-refractivity contribution in [2.45, 2.75) is 24.8 Å². The number of hydrogen-bond donors (Lipinski definition) is 3. The van der Waals surface area contributed by atoms with Gasteiger partial charge in [0.15, 0.2) is 0 Å². The van der Waals surface area contributed by atoms with Gasteiger partial charge in [-0.25, -0.2) is 4.98 Å². The van der Waals surface area contributed by atoms with Gasteiger partial charge in [-0.05, 0) is 66.4 Å². The van der Waals surface area contributed by atoms with E-state index in [1.54, 1.807) is 36.8 Å². The molecule has 29 heavy (non-hydrogen) atoms. The van der Waals surface area contributed by atoms with Crippen molar-refractivity contribution in [2.24, 2.45) is 0 Å². The van der Waals surface area contributed by atoms with Crippen molar-refractivity contribution in [2.75, 3.05) is 16.0 Å². The summed E-state index contributed by atoms with van der Waals surface area (Å²) in [5, 5.41) is 9.08. The normalized spacial score (nSPS) is 15.5. The Morgan fingerprint density at radius 1 is 1.10 bits per heavy atom. The molecule has 0 bridgehead atoms. The SMILES string of the molecule is O=C(Nc1ccc2c(c1)C1(CC1)C(=O)N2)c1cccnc1NCc1ccncc1. The molecule has 0 unspecified atom stereocenters. The first-order chi connectivity index (χ1) is 14.2. The third-order valence-corrected chi connectivity index (χ3v) is 5.49. The van der Waals surface area contributed by atoms with Crippen LogP contribution in [0, 0.1) is 0 Å². The Balaban J connectivity index is 1.34. The highest BCUT2D eigenvalue weighted by molar-refractivity contribution is 6.10. The number of aromatic nitrogens is 2. The average molecular weight is 385 g/mol.